The molecule has 0 fully saturated rings. The first kappa shape index (κ1) is 20.7. The van der Waals surface area contributed by atoms with Gasteiger partial charge in [0.05, 0.1) is 6.54 Å². The lowest BCUT2D eigenvalue weighted by molar-refractivity contribution is 0.592. The average Bonchev–Trinajstić information content (AvgIpc) is 3.43. The monoisotopic (exact) mass is 417 g/mol. The number of tetrazole rings is 1. The minimum Gasteiger partial charge on any atom is -0.299 e. The van der Waals surface area contributed by atoms with Gasteiger partial charge < -0.3 is 0 Å². The minimum atomic E-state index is 0.0772. The van der Waals surface area contributed by atoms with E-state index in [1.165, 1.54) is 0 Å². The molecule has 0 saturated heterocycles. The highest BCUT2D eigenvalue weighted by Crippen LogP contribution is 2.28. The van der Waals surface area contributed by atoms with Crippen molar-refractivity contribution in [2.24, 2.45) is 0 Å². The molecule has 1 N–H and O–H groups in total. The summed E-state index contributed by atoms with van der Waals surface area (Å²) >= 11 is 0. The van der Waals surface area contributed by atoms with E-state index in [0.29, 0.717) is 18.1 Å². The fourth-order valence-electron chi connectivity index (χ4n) is 3.75. The van der Waals surface area contributed by atoms with Gasteiger partial charge >= 0.3 is 5.69 Å². The van der Waals surface area contributed by atoms with Crippen molar-refractivity contribution in [3.63, 3.8) is 0 Å². The lowest BCUT2D eigenvalue weighted by Gasteiger charge is -2.09. The molecule has 0 aliphatic heterocycles. The lowest BCUT2D eigenvalue weighted by atomic mass is 10.0. The molecule has 4 aromatic rings. The second-order valence-electron chi connectivity index (χ2n) is 7.63. The Hall–Kier alpha value is -3.55. The molecule has 31 heavy (non-hydrogen) atoms. The highest BCUT2D eigenvalue weighted by Gasteiger charge is 2.13. The molecule has 0 saturated carbocycles. The first-order valence-electron chi connectivity index (χ1n) is 10.8. The van der Waals surface area contributed by atoms with Crippen LogP contribution < -0.4 is 5.69 Å². The molecule has 160 valence electrons. The van der Waals surface area contributed by atoms with Crippen LogP contribution in [0.2, 0.25) is 0 Å². The van der Waals surface area contributed by atoms with Gasteiger partial charge in [-0.2, -0.15) is 0 Å². The van der Waals surface area contributed by atoms with Crippen molar-refractivity contribution in [1.29, 1.82) is 0 Å². The molecule has 0 unspecified atom stereocenters. The van der Waals surface area contributed by atoms with Crippen LogP contribution in [0, 0.1) is 0 Å². The summed E-state index contributed by atoms with van der Waals surface area (Å²) in [5, 5.41) is 14.1. The van der Waals surface area contributed by atoms with E-state index in [-0.39, 0.29) is 5.69 Å². The van der Waals surface area contributed by atoms with Crippen LogP contribution in [-0.2, 0) is 19.5 Å². The maximum Gasteiger partial charge on any atom is 0.328 e. The van der Waals surface area contributed by atoms with Gasteiger partial charge in [-0.3, -0.25) is 14.1 Å². The Morgan fingerprint density at radius 1 is 1.06 bits per heavy atom. The molecule has 1 aromatic carbocycles. The van der Waals surface area contributed by atoms with E-state index in [9.17, 15) is 4.79 Å². The van der Waals surface area contributed by atoms with E-state index in [4.69, 9.17) is 0 Å². The summed E-state index contributed by atoms with van der Waals surface area (Å²) in [4.78, 5) is 17.4. The average molecular weight is 418 g/mol. The number of hydrogen-bond acceptors (Lipinski definition) is 5. The normalized spacial score (nSPS) is 11.2. The van der Waals surface area contributed by atoms with Crippen molar-refractivity contribution in [3.8, 4) is 22.6 Å². The van der Waals surface area contributed by atoms with Gasteiger partial charge in [-0.15, -0.1) is 5.10 Å². The molecule has 0 amide bonds. The molecule has 8 heteroatoms. The van der Waals surface area contributed by atoms with Gasteiger partial charge in [-0.05, 0) is 40.5 Å². The number of aromatic amines is 1. The van der Waals surface area contributed by atoms with Crippen LogP contribution in [0.3, 0.4) is 0 Å². The summed E-state index contributed by atoms with van der Waals surface area (Å²) in [7, 11) is 0. The second-order valence-corrected chi connectivity index (χ2v) is 7.63. The van der Waals surface area contributed by atoms with E-state index in [2.05, 4.69) is 63.7 Å². The second kappa shape index (κ2) is 9.51. The number of aromatic nitrogens is 7. The summed E-state index contributed by atoms with van der Waals surface area (Å²) in [5.74, 6) is 0.531. The van der Waals surface area contributed by atoms with Gasteiger partial charge in [0.2, 0.25) is 0 Å². The van der Waals surface area contributed by atoms with Gasteiger partial charge in [-0.1, -0.05) is 57.0 Å². The SMILES string of the molecule is CCCCn1cc(CCC)n(Cc2ccc(-c3cccnc3-c3nnn[nH]3)cc2)c1=O. The molecule has 0 atom stereocenters. The summed E-state index contributed by atoms with van der Waals surface area (Å²) in [5.41, 5.74) is 4.93. The minimum absolute atomic E-state index is 0.0772. The van der Waals surface area contributed by atoms with Crippen LogP contribution in [0.1, 0.15) is 44.4 Å². The van der Waals surface area contributed by atoms with Crippen LogP contribution in [-0.4, -0.2) is 34.7 Å². The van der Waals surface area contributed by atoms with Gasteiger partial charge in [0.1, 0.15) is 5.69 Å². The van der Waals surface area contributed by atoms with E-state index < -0.39 is 0 Å². The molecule has 8 nitrogen and oxygen atoms in total. The number of aryl methyl sites for hydroxylation is 2. The largest absolute Gasteiger partial charge is 0.328 e. The standard InChI is InChI=1S/C23H27N7O/c1-3-5-14-29-16-19(7-4-2)30(23(29)31)15-17-9-11-18(12-10-17)20-8-6-13-24-21(20)22-25-27-28-26-22/h6,8-13,16H,3-5,7,14-15H2,1-2H3,(H,25,26,27,28). The molecular weight excluding hydrogens is 390 g/mol. The Kier molecular flexibility index (Phi) is 6.35. The van der Waals surface area contributed by atoms with Gasteiger partial charge in [0.15, 0.2) is 5.82 Å². The Bertz CT molecular complexity index is 1170. The number of rotatable bonds is 9. The van der Waals surface area contributed by atoms with Crippen LogP contribution >= 0.6 is 0 Å². The van der Waals surface area contributed by atoms with Crippen LogP contribution in [0.4, 0.5) is 0 Å². The highest BCUT2D eigenvalue weighted by atomic mass is 16.1. The van der Waals surface area contributed by atoms with Crippen molar-refractivity contribution in [3.05, 3.63) is 70.5 Å². The van der Waals surface area contributed by atoms with Crippen molar-refractivity contribution < 1.29 is 0 Å². The topological polar surface area (TPSA) is 94.3 Å². The summed E-state index contributed by atoms with van der Waals surface area (Å²) in [6.07, 6.45) is 7.75. The number of nitrogens with one attached hydrogen (secondary N) is 1. The number of unbranched alkanes of at least 4 members (excludes halogenated alkanes) is 1. The Balaban J connectivity index is 1.61. The smallest absolute Gasteiger partial charge is 0.299 e. The molecule has 0 bridgehead atoms. The zero-order valence-corrected chi connectivity index (χ0v) is 18.0. The number of benzene rings is 1. The van der Waals surface area contributed by atoms with E-state index in [1.807, 2.05) is 27.5 Å². The van der Waals surface area contributed by atoms with Crippen LogP contribution in [0.5, 0.6) is 0 Å². The molecular formula is C23H27N7O. The zero-order valence-electron chi connectivity index (χ0n) is 18.0. The van der Waals surface area contributed by atoms with Crippen molar-refractivity contribution in [1.82, 2.24) is 34.7 Å². The Labute approximate surface area is 181 Å². The summed E-state index contributed by atoms with van der Waals surface area (Å²) in [6.45, 7) is 5.63. The Morgan fingerprint density at radius 3 is 2.61 bits per heavy atom. The molecule has 3 heterocycles. The summed E-state index contributed by atoms with van der Waals surface area (Å²) < 4.78 is 3.76. The maximum atomic E-state index is 12.9. The molecule has 0 spiro atoms. The highest BCUT2D eigenvalue weighted by molar-refractivity contribution is 5.77. The number of nitrogens with zero attached hydrogens (tertiary/aromatic N) is 6. The van der Waals surface area contributed by atoms with E-state index >= 15 is 0 Å². The van der Waals surface area contributed by atoms with Crippen molar-refractivity contribution in [2.75, 3.05) is 0 Å². The van der Waals surface area contributed by atoms with Crippen LogP contribution in [0.15, 0.2) is 53.6 Å². The third-order valence-electron chi connectivity index (χ3n) is 5.37. The molecule has 4 rings (SSSR count). The van der Waals surface area contributed by atoms with E-state index in [1.54, 1.807) is 6.20 Å². The fraction of sp³-hybridized carbons (Fsp3) is 0.348. The quantitative estimate of drug-likeness (QED) is 0.448. The predicted molar refractivity (Wildman–Crippen MR) is 120 cm³/mol. The maximum absolute atomic E-state index is 12.9. The molecule has 0 radical (unpaired) electrons. The predicted octanol–water partition coefficient (Wildman–Crippen LogP) is 3.69. The zero-order chi connectivity index (χ0) is 21.6. The molecule has 0 aliphatic rings. The third kappa shape index (κ3) is 4.47. The number of hydrogen-bond donors (Lipinski definition) is 1. The van der Waals surface area contributed by atoms with Crippen LogP contribution in [0.25, 0.3) is 22.6 Å². The summed E-state index contributed by atoms with van der Waals surface area (Å²) in [6, 6.07) is 12.1. The van der Waals surface area contributed by atoms with Crippen molar-refractivity contribution >= 4 is 0 Å². The molecule has 3 aromatic heterocycles. The number of H-pyrrole nitrogens is 1. The van der Waals surface area contributed by atoms with Crippen molar-refractivity contribution in [2.45, 2.75) is 52.6 Å². The van der Waals surface area contributed by atoms with E-state index in [0.717, 1.165) is 54.6 Å². The Morgan fingerprint density at radius 2 is 1.90 bits per heavy atom. The first-order chi connectivity index (χ1) is 15.2. The van der Waals surface area contributed by atoms with Gasteiger partial charge in [-0.25, -0.2) is 9.89 Å². The number of imidazole rings is 1. The molecule has 0 aliphatic carbocycles. The first-order valence-corrected chi connectivity index (χ1v) is 10.8. The fourth-order valence-corrected chi connectivity index (χ4v) is 3.75. The van der Waals surface area contributed by atoms with Gasteiger partial charge in [0.25, 0.3) is 0 Å². The number of pyridine rings is 1. The lowest BCUT2D eigenvalue weighted by Crippen LogP contribution is -2.25. The van der Waals surface area contributed by atoms with Gasteiger partial charge in [0, 0.05) is 30.2 Å². The third-order valence-corrected chi connectivity index (χ3v) is 5.37.